The Morgan fingerprint density at radius 2 is 1.59 bits per heavy atom. The van der Waals surface area contributed by atoms with E-state index in [0.29, 0.717) is 6.42 Å². The minimum atomic E-state index is -0.586. The van der Waals surface area contributed by atoms with Crippen LogP contribution in [0.1, 0.15) is 59.1 Å². The van der Waals surface area contributed by atoms with Crippen LogP contribution in [0, 0.1) is 0 Å². The van der Waals surface area contributed by atoms with Crippen LogP contribution in [0.4, 0.5) is 4.79 Å². The van der Waals surface area contributed by atoms with E-state index >= 15 is 0 Å². The average molecular weight is 634 g/mol. The van der Waals surface area contributed by atoms with Crippen LogP contribution in [0.3, 0.4) is 0 Å². The molecule has 0 bridgehead atoms. The van der Waals surface area contributed by atoms with E-state index in [0.717, 1.165) is 59.8 Å². The highest BCUT2D eigenvalue weighted by molar-refractivity contribution is 5.80. The monoisotopic (exact) mass is 633 g/mol. The fraction of sp³-hybridized carbons (Fsp3) is 0.429. The number of aliphatic hydroxyl groups excluding tert-OH is 1. The molecular weight excluding hydrogens is 590 g/mol. The average Bonchev–Trinajstić information content (AvgIpc) is 3.09. The van der Waals surface area contributed by atoms with Crippen LogP contribution < -0.4 is 20.1 Å². The predicted octanol–water partition coefficient (Wildman–Crippen LogP) is 4.16. The number of aliphatic hydroxyl groups is 1. The fourth-order valence-corrected chi connectivity index (χ4v) is 5.82. The highest BCUT2D eigenvalue weighted by Crippen LogP contribution is 2.39. The van der Waals surface area contributed by atoms with E-state index in [1.807, 2.05) is 48.5 Å². The highest BCUT2D eigenvalue weighted by atomic mass is 16.7. The van der Waals surface area contributed by atoms with E-state index in [-0.39, 0.29) is 38.5 Å². The van der Waals surface area contributed by atoms with Gasteiger partial charge in [-0.1, -0.05) is 48.5 Å². The molecule has 0 aromatic heterocycles. The van der Waals surface area contributed by atoms with E-state index in [2.05, 4.69) is 27.7 Å². The van der Waals surface area contributed by atoms with Crippen molar-refractivity contribution < 1.29 is 38.4 Å². The summed E-state index contributed by atoms with van der Waals surface area (Å²) < 4.78 is 29.0. The van der Waals surface area contributed by atoms with E-state index in [1.54, 1.807) is 21.1 Å². The molecule has 3 aromatic carbocycles. The van der Waals surface area contributed by atoms with Crippen LogP contribution in [0.2, 0.25) is 0 Å². The van der Waals surface area contributed by atoms with Crippen molar-refractivity contribution in [3.8, 4) is 11.5 Å². The van der Waals surface area contributed by atoms with Gasteiger partial charge in [-0.25, -0.2) is 4.79 Å². The Morgan fingerprint density at radius 1 is 0.913 bits per heavy atom. The normalized spacial score (nSPS) is 19.5. The predicted molar refractivity (Wildman–Crippen MR) is 170 cm³/mol. The molecule has 46 heavy (non-hydrogen) atoms. The summed E-state index contributed by atoms with van der Waals surface area (Å²) in [6.07, 6.45) is 0.727. The Morgan fingerprint density at radius 3 is 2.26 bits per heavy atom. The summed E-state index contributed by atoms with van der Waals surface area (Å²) in [6.45, 7) is 4.49. The van der Waals surface area contributed by atoms with Crippen molar-refractivity contribution in [2.75, 3.05) is 40.5 Å². The Labute approximate surface area is 269 Å². The van der Waals surface area contributed by atoms with Gasteiger partial charge < -0.3 is 39.4 Å². The van der Waals surface area contributed by atoms with E-state index in [4.69, 9.17) is 23.7 Å². The third-order valence-electron chi connectivity index (χ3n) is 8.28. The fourth-order valence-electron chi connectivity index (χ4n) is 5.82. The maximum atomic E-state index is 12.1. The Kier molecular flexibility index (Phi) is 11.5. The number of nitrogens with zero attached hydrogens (tertiary/aromatic N) is 1. The molecule has 11 nitrogen and oxygen atoms in total. The molecule has 246 valence electrons. The van der Waals surface area contributed by atoms with Crippen LogP contribution in [-0.4, -0.2) is 68.6 Å². The maximum Gasteiger partial charge on any atom is 0.325 e. The number of urea groups is 1. The molecule has 3 N–H and O–H groups in total. The quantitative estimate of drug-likeness (QED) is 0.252. The molecule has 3 aromatic rings. The van der Waals surface area contributed by atoms with Gasteiger partial charge in [-0.3, -0.25) is 9.69 Å². The topological polar surface area (TPSA) is 128 Å². The Bertz CT molecular complexity index is 1460. The smallest absolute Gasteiger partial charge is 0.325 e. The molecular formula is C35H43N3O8. The number of amides is 2. The van der Waals surface area contributed by atoms with Crippen molar-refractivity contribution in [3.05, 3.63) is 94.0 Å². The number of benzene rings is 3. The van der Waals surface area contributed by atoms with Crippen molar-refractivity contribution in [3.63, 3.8) is 0 Å². The SMILES string of the molecule is CCOC(=O)CNC(=O)NCc1ccc([C@@H]2O[C@H](CN3CCc4cc(OC)c(OC)cc4C3)C[C@H](c3ccc(CO)cc3)O2)cc1. The molecule has 2 heterocycles. The molecule has 1 fully saturated rings. The number of esters is 1. The van der Waals surface area contributed by atoms with Crippen molar-refractivity contribution in [2.24, 2.45) is 0 Å². The molecule has 0 aliphatic carbocycles. The largest absolute Gasteiger partial charge is 0.493 e. The van der Waals surface area contributed by atoms with Crippen LogP contribution in [0.15, 0.2) is 60.7 Å². The van der Waals surface area contributed by atoms with Gasteiger partial charge >= 0.3 is 12.0 Å². The van der Waals surface area contributed by atoms with Gasteiger partial charge in [0.25, 0.3) is 0 Å². The highest BCUT2D eigenvalue weighted by Gasteiger charge is 2.34. The number of carbonyl (C=O) groups is 2. The zero-order valence-corrected chi connectivity index (χ0v) is 26.6. The first-order valence-electron chi connectivity index (χ1n) is 15.6. The van der Waals surface area contributed by atoms with Gasteiger partial charge in [0.1, 0.15) is 6.54 Å². The summed E-state index contributed by atoms with van der Waals surface area (Å²) >= 11 is 0. The molecule has 0 saturated carbocycles. The van der Waals surface area contributed by atoms with Gasteiger partial charge in [0, 0.05) is 38.2 Å². The van der Waals surface area contributed by atoms with Crippen molar-refractivity contribution in [2.45, 2.75) is 58.0 Å². The van der Waals surface area contributed by atoms with E-state index < -0.39 is 18.3 Å². The van der Waals surface area contributed by atoms with Gasteiger partial charge in [0.2, 0.25) is 0 Å². The first kappa shape index (κ1) is 33.2. The standard InChI is InChI=1S/C35H43N3O8/c1-4-44-33(40)19-37-35(41)36-18-23-5-11-26(12-6-23)34-45-29(17-30(46-34)25-9-7-24(22-39)8-10-25)21-38-14-13-27-15-31(42-2)32(43-3)16-28(27)20-38/h5-12,15-16,29-30,34,39H,4,13-14,17-22H2,1-3H3,(H2,36,37,41)/t29-,30+,34+/m0/s1. The van der Waals surface area contributed by atoms with Gasteiger partial charge in [0.15, 0.2) is 17.8 Å². The summed E-state index contributed by atoms with van der Waals surface area (Å²) in [6, 6.07) is 19.3. The summed E-state index contributed by atoms with van der Waals surface area (Å²) in [5.41, 5.74) is 6.14. The second kappa shape index (κ2) is 15.9. The minimum absolute atomic E-state index is 0.0124. The summed E-state index contributed by atoms with van der Waals surface area (Å²) in [5, 5.41) is 14.8. The summed E-state index contributed by atoms with van der Waals surface area (Å²) in [5.74, 6) is 0.994. The third-order valence-corrected chi connectivity index (χ3v) is 8.28. The number of carbonyl (C=O) groups excluding carboxylic acids is 2. The van der Waals surface area contributed by atoms with Crippen molar-refractivity contribution in [1.29, 1.82) is 0 Å². The lowest BCUT2D eigenvalue weighted by atomic mass is 9.97. The number of fused-ring (bicyclic) bond motifs is 1. The lowest BCUT2D eigenvalue weighted by Crippen LogP contribution is -2.41. The molecule has 2 aliphatic rings. The van der Waals surface area contributed by atoms with Gasteiger partial charge in [0.05, 0.1) is 39.6 Å². The zero-order valence-electron chi connectivity index (χ0n) is 26.6. The first-order valence-corrected chi connectivity index (χ1v) is 15.6. The lowest BCUT2D eigenvalue weighted by Gasteiger charge is -2.39. The second-order valence-electron chi connectivity index (χ2n) is 11.4. The zero-order chi connectivity index (χ0) is 32.5. The number of nitrogens with one attached hydrogen (secondary N) is 2. The third kappa shape index (κ3) is 8.55. The summed E-state index contributed by atoms with van der Waals surface area (Å²) in [4.78, 5) is 26.0. The number of hydrogen-bond acceptors (Lipinski definition) is 9. The molecule has 2 aliphatic heterocycles. The van der Waals surface area contributed by atoms with Gasteiger partial charge in [-0.05, 0) is 53.3 Å². The summed E-state index contributed by atoms with van der Waals surface area (Å²) in [7, 11) is 3.31. The van der Waals surface area contributed by atoms with Crippen LogP contribution in [-0.2, 0) is 45.1 Å². The number of rotatable bonds is 12. The Hall–Kier alpha value is -4.16. The molecule has 1 saturated heterocycles. The molecule has 11 heteroatoms. The minimum Gasteiger partial charge on any atom is -0.493 e. The molecule has 0 radical (unpaired) electrons. The van der Waals surface area contributed by atoms with Crippen molar-refractivity contribution in [1.82, 2.24) is 15.5 Å². The molecule has 0 spiro atoms. The number of ether oxygens (including phenoxy) is 5. The van der Waals surface area contributed by atoms with Crippen LogP contribution in [0.5, 0.6) is 11.5 Å². The molecule has 3 atom stereocenters. The van der Waals surface area contributed by atoms with Crippen LogP contribution >= 0.6 is 0 Å². The van der Waals surface area contributed by atoms with Crippen LogP contribution in [0.25, 0.3) is 0 Å². The molecule has 2 amide bonds. The second-order valence-corrected chi connectivity index (χ2v) is 11.4. The van der Waals surface area contributed by atoms with Crippen molar-refractivity contribution >= 4 is 12.0 Å². The first-order chi connectivity index (χ1) is 22.4. The molecule has 0 unspecified atom stereocenters. The maximum absolute atomic E-state index is 12.1. The number of methoxy groups -OCH3 is 2. The Balaban J connectivity index is 1.26. The van der Waals surface area contributed by atoms with Gasteiger partial charge in [-0.2, -0.15) is 0 Å². The van der Waals surface area contributed by atoms with E-state index in [1.165, 1.54) is 11.1 Å². The lowest BCUT2D eigenvalue weighted by molar-refractivity contribution is -0.253. The van der Waals surface area contributed by atoms with E-state index in [9.17, 15) is 14.7 Å². The number of hydrogen-bond donors (Lipinski definition) is 3. The molecule has 5 rings (SSSR count). The van der Waals surface area contributed by atoms with Gasteiger partial charge in [-0.15, -0.1) is 0 Å².